The number of carbonyl (C=O) groups excluding carboxylic acids is 2. The molecule has 2 aromatic carbocycles. The second kappa shape index (κ2) is 7.74. The highest BCUT2D eigenvalue weighted by molar-refractivity contribution is 5.97. The zero-order valence-corrected chi connectivity index (χ0v) is 14.5. The number of aromatic nitrogens is 1. The van der Waals surface area contributed by atoms with Gasteiger partial charge in [0.15, 0.2) is 0 Å². The molecule has 134 valence electrons. The molecule has 3 rings (SSSR count). The molecule has 1 heterocycles. The minimum absolute atomic E-state index is 0.00809. The molecular formula is C20H21N3O3. The highest BCUT2D eigenvalue weighted by Gasteiger charge is 2.07. The first kappa shape index (κ1) is 17.5. The fourth-order valence-corrected chi connectivity index (χ4v) is 2.69. The summed E-state index contributed by atoms with van der Waals surface area (Å²) in [5.41, 5.74) is 8.19. The van der Waals surface area contributed by atoms with Gasteiger partial charge in [0.05, 0.1) is 0 Å². The summed E-state index contributed by atoms with van der Waals surface area (Å²) in [5, 5.41) is 3.73. The minimum atomic E-state index is -0.495. The number of rotatable bonds is 7. The summed E-state index contributed by atoms with van der Waals surface area (Å²) in [6.45, 7) is 2.34. The molecule has 0 aliphatic rings. The van der Waals surface area contributed by atoms with Crippen molar-refractivity contribution in [3.63, 3.8) is 0 Å². The van der Waals surface area contributed by atoms with Gasteiger partial charge in [0.2, 0.25) is 5.91 Å². The Bertz CT molecular complexity index is 946. The average Bonchev–Trinajstić information content (AvgIpc) is 3.04. The Hall–Kier alpha value is -3.28. The first-order chi connectivity index (χ1) is 12.5. The van der Waals surface area contributed by atoms with Crippen LogP contribution in [0.25, 0.3) is 10.9 Å². The summed E-state index contributed by atoms with van der Waals surface area (Å²) >= 11 is 0. The van der Waals surface area contributed by atoms with Crippen molar-refractivity contribution in [2.24, 2.45) is 5.73 Å². The van der Waals surface area contributed by atoms with Gasteiger partial charge in [-0.1, -0.05) is 19.1 Å². The molecule has 0 spiro atoms. The molecule has 1 aromatic heterocycles. The number of anilines is 1. The van der Waals surface area contributed by atoms with Crippen molar-refractivity contribution < 1.29 is 14.3 Å². The maximum atomic E-state index is 11.7. The van der Waals surface area contributed by atoms with Crippen LogP contribution in [-0.4, -0.2) is 16.8 Å². The summed E-state index contributed by atoms with van der Waals surface area (Å²) < 4.78 is 5.83. The van der Waals surface area contributed by atoms with E-state index in [-0.39, 0.29) is 5.91 Å². The van der Waals surface area contributed by atoms with Crippen LogP contribution in [0.15, 0.2) is 48.5 Å². The normalized spacial score (nSPS) is 10.7. The summed E-state index contributed by atoms with van der Waals surface area (Å²) in [6, 6.07) is 14.8. The molecule has 0 unspecified atom stereocenters. The number of primary amides is 1. The summed E-state index contributed by atoms with van der Waals surface area (Å²) in [4.78, 5) is 25.9. The summed E-state index contributed by atoms with van der Waals surface area (Å²) in [7, 11) is 0. The Kier molecular flexibility index (Phi) is 5.22. The zero-order valence-electron chi connectivity index (χ0n) is 14.5. The van der Waals surface area contributed by atoms with Crippen LogP contribution in [-0.2, 0) is 11.4 Å². The second-order valence-electron chi connectivity index (χ2n) is 6.08. The summed E-state index contributed by atoms with van der Waals surface area (Å²) in [6.07, 6.45) is 1.32. The maximum absolute atomic E-state index is 11.7. The van der Waals surface area contributed by atoms with Gasteiger partial charge in [-0.05, 0) is 48.4 Å². The first-order valence-electron chi connectivity index (χ1n) is 8.49. The van der Waals surface area contributed by atoms with Gasteiger partial charge in [0.25, 0.3) is 5.91 Å². The van der Waals surface area contributed by atoms with E-state index in [1.54, 1.807) is 6.07 Å². The van der Waals surface area contributed by atoms with E-state index >= 15 is 0 Å². The van der Waals surface area contributed by atoms with E-state index in [1.165, 1.54) is 0 Å². The number of benzene rings is 2. The van der Waals surface area contributed by atoms with Crippen molar-refractivity contribution in [2.75, 3.05) is 5.32 Å². The molecular weight excluding hydrogens is 330 g/mol. The second-order valence-corrected chi connectivity index (χ2v) is 6.08. The van der Waals surface area contributed by atoms with Crippen LogP contribution in [0, 0.1) is 0 Å². The van der Waals surface area contributed by atoms with Crippen molar-refractivity contribution in [3.8, 4) is 5.75 Å². The lowest BCUT2D eigenvalue weighted by Crippen LogP contribution is -2.10. The lowest BCUT2D eigenvalue weighted by atomic mass is 10.2. The van der Waals surface area contributed by atoms with Crippen LogP contribution in [0.5, 0.6) is 5.75 Å². The van der Waals surface area contributed by atoms with Gasteiger partial charge < -0.3 is 20.8 Å². The lowest BCUT2D eigenvalue weighted by Gasteiger charge is -2.09. The molecule has 0 aliphatic heterocycles. The number of nitrogens with one attached hydrogen (secondary N) is 2. The molecule has 6 nitrogen and oxygen atoms in total. The van der Waals surface area contributed by atoms with Gasteiger partial charge >= 0.3 is 0 Å². The monoisotopic (exact) mass is 351 g/mol. The first-order valence-corrected chi connectivity index (χ1v) is 8.49. The van der Waals surface area contributed by atoms with Crippen LogP contribution in [0.2, 0.25) is 0 Å². The van der Waals surface area contributed by atoms with Gasteiger partial charge in [-0.3, -0.25) is 9.59 Å². The van der Waals surface area contributed by atoms with Crippen LogP contribution in [0.3, 0.4) is 0 Å². The van der Waals surface area contributed by atoms with Crippen LogP contribution in [0.4, 0.5) is 5.69 Å². The van der Waals surface area contributed by atoms with E-state index < -0.39 is 5.91 Å². The number of H-pyrrole nitrogens is 1. The maximum Gasteiger partial charge on any atom is 0.265 e. The third kappa shape index (κ3) is 4.22. The molecule has 0 atom stereocenters. The number of carbonyl (C=O) groups is 2. The number of hydrogen-bond donors (Lipinski definition) is 3. The SMILES string of the molecule is CCCC(=O)Nc1cccc(COc2ccc3[nH]c(C(N)=O)cc3c2)c1. The number of amides is 2. The molecule has 0 saturated heterocycles. The van der Waals surface area contributed by atoms with Gasteiger partial charge in [0, 0.05) is 23.0 Å². The molecule has 0 fully saturated rings. The van der Waals surface area contributed by atoms with Gasteiger partial charge in [-0.25, -0.2) is 0 Å². The third-order valence-corrected chi connectivity index (χ3v) is 3.95. The highest BCUT2D eigenvalue weighted by Crippen LogP contribution is 2.23. The van der Waals surface area contributed by atoms with Crippen molar-refractivity contribution in [2.45, 2.75) is 26.4 Å². The van der Waals surface area contributed by atoms with Gasteiger partial charge in [-0.2, -0.15) is 0 Å². The molecule has 0 radical (unpaired) electrons. The van der Waals surface area contributed by atoms with Gasteiger partial charge in [0.1, 0.15) is 18.1 Å². The molecule has 26 heavy (non-hydrogen) atoms. The molecule has 0 saturated carbocycles. The molecule has 0 bridgehead atoms. The molecule has 4 N–H and O–H groups in total. The third-order valence-electron chi connectivity index (χ3n) is 3.95. The van der Waals surface area contributed by atoms with E-state index in [0.29, 0.717) is 24.5 Å². The molecule has 0 aliphatic carbocycles. The standard InChI is InChI=1S/C20H21N3O3/c1-2-4-19(24)22-15-6-3-5-13(9-15)12-26-16-7-8-17-14(10-16)11-18(23-17)20(21)25/h3,5-11,23H,2,4,12H2,1H3,(H2,21,25)(H,22,24). The van der Waals surface area contributed by atoms with Crippen molar-refractivity contribution >= 4 is 28.4 Å². The quantitative estimate of drug-likeness (QED) is 0.607. The van der Waals surface area contributed by atoms with Gasteiger partial charge in [-0.15, -0.1) is 0 Å². The highest BCUT2D eigenvalue weighted by atomic mass is 16.5. The Morgan fingerprint density at radius 2 is 2.00 bits per heavy atom. The van der Waals surface area contributed by atoms with E-state index in [1.807, 2.05) is 49.4 Å². The zero-order chi connectivity index (χ0) is 18.5. The number of nitrogens with two attached hydrogens (primary N) is 1. The smallest absolute Gasteiger partial charge is 0.265 e. The number of fused-ring (bicyclic) bond motifs is 1. The Morgan fingerprint density at radius 3 is 2.77 bits per heavy atom. The van der Waals surface area contributed by atoms with E-state index in [9.17, 15) is 9.59 Å². The van der Waals surface area contributed by atoms with Crippen LogP contribution in [0.1, 0.15) is 35.8 Å². The Labute approximate surface area is 151 Å². The van der Waals surface area contributed by atoms with Crippen LogP contribution >= 0.6 is 0 Å². The minimum Gasteiger partial charge on any atom is -0.489 e. The molecule has 3 aromatic rings. The lowest BCUT2D eigenvalue weighted by molar-refractivity contribution is -0.116. The number of aromatic amines is 1. The largest absolute Gasteiger partial charge is 0.489 e. The average molecular weight is 351 g/mol. The fraction of sp³-hybridized carbons (Fsp3) is 0.200. The predicted molar refractivity (Wildman–Crippen MR) is 101 cm³/mol. The van der Waals surface area contributed by atoms with Crippen LogP contribution < -0.4 is 15.8 Å². The predicted octanol–water partition coefficient (Wildman–Crippen LogP) is 3.58. The fourth-order valence-electron chi connectivity index (χ4n) is 2.69. The van der Waals surface area contributed by atoms with Crippen molar-refractivity contribution in [1.29, 1.82) is 0 Å². The topological polar surface area (TPSA) is 97.2 Å². The molecule has 2 amide bonds. The Balaban J connectivity index is 1.67. The molecule has 6 heteroatoms. The van der Waals surface area contributed by atoms with E-state index in [2.05, 4.69) is 10.3 Å². The summed E-state index contributed by atoms with van der Waals surface area (Å²) in [5.74, 6) is 0.201. The van der Waals surface area contributed by atoms with E-state index in [4.69, 9.17) is 10.5 Å². The van der Waals surface area contributed by atoms with Crippen molar-refractivity contribution in [3.05, 3.63) is 59.8 Å². The van der Waals surface area contributed by atoms with E-state index in [0.717, 1.165) is 28.6 Å². The number of hydrogen-bond acceptors (Lipinski definition) is 3. The number of ether oxygens (including phenoxy) is 1. The van der Waals surface area contributed by atoms with Crippen molar-refractivity contribution in [1.82, 2.24) is 4.98 Å². The Morgan fingerprint density at radius 1 is 1.15 bits per heavy atom.